The molecule has 27 heavy (non-hydrogen) atoms. The first kappa shape index (κ1) is 19.3. The summed E-state index contributed by atoms with van der Waals surface area (Å²) >= 11 is 0. The van der Waals surface area contributed by atoms with Gasteiger partial charge >= 0.3 is 0 Å². The predicted octanol–water partition coefficient (Wildman–Crippen LogP) is 3.44. The van der Waals surface area contributed by atoms with E-state index in [4.69, 9.17) is 0 Å². The molecule has 1 N–H and O–H groups in total. The van der Waals surface area contributed by atoms with E-state index in [0.717, 1.165) is 33.1 Å². The van der Waals surface area contributed by atoms with Crippen LogP contribution < -0.4 is 5.32 Å². The Morgan fingerprint density at radius 1 is 1.07 bits per heavy atom. The first-order chi connectivity index (χ1) is 12.9. The summed E-state index contributed by atoms with van der Waals surface area (Å²) in [6.07, 6.45) is 3.64. The normalized spacial score (nSPS) is 13.8. The Labute approximate surface area is 160 Å². The van der Waals surface area contributed by atoms with Crippen LogP contribution >= 0.6 is 0 Å². The van der Waals surface area contributed by atoms with Gasteiger partial charge in [-0.3, -0.25) is 4.79 Å². The zero-order valence-electron chi connectivity index (χ0n) is 15.6. The summed E-state index contributed by atoms with van der Waals surface area (Å²) in [5, 5.41) is 2.82. The van der Waals surface area contributed by atoms with Crippen molar-refractivity contribution < 1.29 is 13.2 Å². The third kappa shape index (κ3) is 4.28. The first-order valence-corrected chi connectivity index (χ1v) is 10.5. The average molecular weight is 385 g/mol. The van der Waals surface area contributed by atoms with Crippen LogP contribution in [0.2, 0.25) is 0 Å². The molecular weight excluding hydrogens is 360 g/mol. The lowest BCUT2D eigenvalue weighted by molar-refractivity contribution is -0.116. The number of sulfonamides is 1. The first-order valence-electron chi connectivity index (χ1n) is 9.04. The highest BCUT2D eigenvalue weighted by Gasteiger charge is 2.27. The van der Waals surface area contributed by atoms with E-state index in [1.165, 1.54) is 7.05 Å². The van der Waals surface area contributed by atoms with E-state index < -0.39 is 10.0 Å². The van der Waals surface area contributed by atoms with E-state index >= 15 is 0 Å². The predicted molar refractivity (Wildman–Crippen MR) is 109 cm³/mol. The van der Waals surface area contributed by atoms with Crippen LogP contribution in [0.4, 0.5) is 5.69 Å². The Morgan fingerprint density at radius 2 is 1.78 bits per heavy atom. The topological polar surface area (TPSA) is 66.5 Å². The van der Waals surface area contributed by atoms with Crippen molar-refractivity contribution in [1.82, 2.24) is 4.31 Å². The van der Waals surface area contributed by atoms with Gasteiger partial charge in [0.1, 0.15) is 0 Å². The summed E-state index contributed by atoms with van der Waals surface area (Å²) in [5.41, 5.74) is 3.81. The van der Waals surface area contributed by atoms with Gasteiger partial charge in [-0.25, -0.2) is 8.42 Å². The highest BCUT2D eigenvalue weighted by molar-refractivity contribution is 7.93. The Hall–Kier alpha value is -2.44. The van der Waals surface area contributed by atoms with Gasteiger partial charge in [-0.2, -0.15) is 4.31 Å². The van der Waals surface area contributed by atoms with E-state index in [0.29, 0.717) is 17.7 Å². The van der Waals surface area contributed by atoms with Gasteiger partial charge in [0.2, 0.25) is 15.9 Å². The number of anilines is 1. The Morgan fingerprint density at radius 3 is 2.56 bits per heavy atom. The minimum atomic E-state index is -3.67. The lowest BCUT2D eigenvalue weighted by atomic mass is 9.98. The lowest BCUT2D eigenvalue weighted by Gasteiger charge is -2.22. The molecule has 3 rings (SSSR count). The molecule has 0 heterocycles. The van der Waals surface area contributed by atoms with Gasteiger partial charge in [0.25, 0.3) is 0 Å². The smallest absolute Gasteiger partial charge is 0.239 e. The van der Waals surface area contributed by atoms with E-state index in [2.05, 4.69) is 5.32 Å². The molecule has 0 atom stereocenters. The van der Waals surface area contributed by atoms with Gasteiger partial charge in [-0.05, 0) is 48.1 Å². The molecule has 2 aromatic rings. The molecule has 1 aliphatic carbocycles. The highest BCUT2D eigenvalue weighted by Crippen LogP contribution is 2.28. The van der Waals surface area contributed by atoms with Crippen LogP contribution in [0.15, 0.2) is 53.4 Å². The van der Waals surface area contributed by atoms with Crippen LogP contribution in [0.5, 0.6) is 0 Å². The van der Waals surface area contributed by atoms with Crippen molar-refractivity contribution in [1.29, 1.82) is 0 Å². The maximum atomic E-state index is 12.9. The number of hydrogen-bond donors (Lipinski definition) is 1. The molecule has 0 bridgehead atoms. The Kier molecular flexibility index (Phi) is 5.77. The zero-order valence-corrected chi connectivity index (χ0v) is 16.4. The number of likely N-dealkylation sites (N-methyl/N-ethyl adjacent to an activating group) is 1. The zero-order chi connectivity index (χ0) is 19.4. The van der Waals surface area contributed by atoms with E-state index in [1.54, 1.807) is 6.08 Å². The summed E-state index contributed by atoms with van der Waals surface area (Å²) in [5.74, 6) is -0.348. The number of para-hydroxylation sites is 1. The van der Waals surface area contributed by atoms with Crippen molar-refractivity contribution in [2.75, 3.05) is 18.9 Å². The number of benzene rings is 2. The number of aryl methyl sites for hydroxylation is 2. The van der Waals surface area contributed by atoms with Gasteiger partial charge in [0.15, 0.2) is 0 Å². The van der Waals surface area contributed by atoms with Crippen molar-refractivity contribution in [3.63, 3.8) is 0 Å². The van der Waals surface area contributed by atoms with Crippen LogP contribution in [-0.4, -0.2) is 32.2 Å². The van der Waals surface area contributed by atoms with Crippen LogP contribution in [0, 0.1) is 0 Å². The van der Waals surface area contributed by atoms with E-state index in [9.17, 15) is 13.2 Å². The van der Waals surface area contributed by atoms with Crippen LogP contribution in [0.1, 0.15) is 30.0 Å². The summed E-state index contributed by atoms with van der Waals surface area (Å²) in [6, 6.07) is 15.3. The number of amides is 1. The summed E-state index contributed by atoms with van der Waals surface area (Å²) in [7, 11) is -2.23. The van der Waals surface area contributed by atoms with Crippen LogP contribution in [0.25, 0.3) is 6.08 Å². The lowest BCUT2D eigenvalue weighted by Crippen LogP contribution is -2.36. The van der Waals surface area contributed by atoms with Crippen molar-refractivity contribution in [3.8, 4) is 0 Å². The molecule has 0 saturated heterocycles. The molecule has 0 saturated carbocycles. The average Bonchev–Trinajstić information content (AvgIpc) is 2.67. The van der Waals surface area contributed by atoms with Gasteiger partial charge in [0, 0.05) is 12.7 Å². The quantitative estimate of drug-likeness (QED) is 0.830. The molecule has 0 unspecified atom stereocenters. The monoisotopic (exact) mass is 384 g/mol. The van der Waals surface area contributed by atoms with Crippen LogP contribution in [-0.2, 0) is 27.7 Å². The van der Waals surface area contributed by atoms with E-state index in [1.807, 2.05) is 55.5 Å². The molecule has 0 aliphatic heterocycles. The van der Waals surface area contributed by atoms with Gasteiger partial charge < -0.3 is 5.32 Å². The Bertz CT molecular complexity index is 980. The molecule has 2 aromatic carbocycles. The fourth-order valence-corrected chi connectivity index (χ4v) is 4.56. The fraction of sp³-hybridized carbons (Fsp3) is 0.286. The van der Waals surface area contributed by atoms with Crippen molar-refractivity contribution >= 4 is 27.7 Å². The van der Waals surface area contributed by atoms with Gasteiger partial charge in [0.05, 0.1) is 11.4 Å². The van der Waals surface area contributed by atoms with Gasteiger partial charge in [-0.1, -0.05) is 49.4 Å². The molecule has 0 aromatic heterocycles. The van der Waals surface area contributed by atoms with Crippen molar-refractivity contribution in [3.05, 3.63) is 70.1 Å². The highest BCUT2D eigenvalue weighted by atomic mass is 32.2. The molecular formula is C21H24N2O3S. The van der Waals surface area contributed by atoms with Crippen LogP contribution in [0.3, 0.4) is 0 Å². The standard InChI is InChI=1S/C21H24N2O3S/c1-3-16-8-6-7-11-20(16)22-21(24)15-23(2)27(25,26)19-13-12-17-9-4-5-10-18(17)14-19/h4-11,14H,3,12-13,15H2,1-2H3,(H,22,24). The molecule has 0 spiro atoms. The maximum absolute atomic E-state index is 12.9. The SMILES string of the molecule is CCc1ccccc1NC(=O)CN(C)S(=O)(=O)C1=Cc2ccccc2CC1. The van der Waals surface area contributed by atoms with Gasteiger partial charge in [-0.15, -0.1) is 0 Å². The number of carbonyl (C=O) groups is 1. The van der Waals surface area contributed by atoms with Crippen molar-refractivity contribution in [2.45, 2.75) is 26.2 Å². The second-order valence-electron chi connectivity index (χ2n) is 6.63. The summed E-state index contributed by atoms with van der Waals surface area (Å²) in [6.45, 7) is 1.79. The molecule has 5 nitrogen and oxygen atoms in total. The number of nitrogens with zero attached hydrogens (tertiary/aromatic N) is 1. The largest absolute Gasteiger partial charge is 0.325 e. The number of nitrogens with one attached hydrogen (secondary N) is 1. The fourth-order valence-electron chi connectivity index (χ4n) is 3.24. The molecule has 0 fully saturated rings. The minimum Gasteiger partial charge on any atom is -0.325 e. The second-order valence-corrected chi connectivity index (χ2v) is 8.73. The third-order valence-corrected chi connectivity index (χ3v) is 6.73. The minimum absolute atomic E-state index is 0.223. The molecule has 6 heteroatoms. The second kappa shape index (κ2) is 8.06. The molecule has 0 radical (unpaired) electrons. The summed E-state index contributed by atoms with van der Waals surface area (Å²) < 4.78 is 26.9. The number of carbonyl (C=O) groups excluding carboxylic acids is 1. The molecule has 142 valence electrons. The molecule has 1 aliphatic rings. The number of allylic oxidation sites excluding steroid dienone is 1. The maximum Gasteiger partial charge on any atom is 0.239 e. The van der Waals surface area contributed by atoms with E-state index in [-0.39, 0.29) is 12.5 Å². The number of rotatable bonds is 6. The third-order valence-electron chi connectivity index (χ3n) is 4.79. The molecule has 1 amide bonds. The number of fused-ring (bicyclic) bond motifs is 1. The number of hydrogen-bond acceptors (Lipinski definition) is 3. The summed E-state index contributed by atoms with van der Waals surface area (Å²) in [4.78, 5) is 12.7. The Balaban J connectivity index is 1.72. The van der Waals surface area contributed by atoms with Crippen molar-refractivity contribution in [2.24, 2.45) is 0 Å².